The average Bonchev–Trinajstić information content (AvgIpc) is 2.68. The maximum atomic E-state index is 11.8. The molecular formula is C11H16N4O. The first-order chi connectivity index (χ1) is 7.65. The molecule has 1 atom stereocenters. The van der Waals surface area contributed by atoms with E-state index in [0.717, 1.165) is 24.2 Å². The number of pyridine rings is 1. The smallest absolute Gasteiger partial charge is 0.244 e. The lowest BCUT2D eigenvalue weighted by Gasteiger charge is -2.10. The first kappa shape index (κ1) is 11.0. The molecule has 0 radical (unpaired) electrons. The van der Waals surface area contributed by atoms with Crippen LogP contribution in [0.4, 0.5) is 5.82 Å². The van der Waals surface area contributed by atoms with E-state index in [9.17, 15) is 4.79 Å². The van der Waals surface area contributed by atoms with Gasteiger partial charge in [-0.2, -0.15) is 0 Å². The summed E-state index contributed by atoms with van der Waals surface area (Å²) in [6.07, 6.45) is 0.802. The highest BCUT2D eigenvalue weighted by Crippen LogP contribution is 2.10. The van der Waals surface area contributed by atoms with Crippen molar-refractivity contribution >= 4 is 11.7 Å². The summed E-state index contributed by atoms with van der Waals surface area (Å²) in [6.45, 7) is 4.72. The van der Waals surface area contributed by atoms with E-state index in [0.29, 0.717) is 5.82 Å². The fourth-order valence-corrected chi connectivity index (χ4v) is 1.80. The minimum Gasteiger partial charge on any atom is -0.309 e. The number of hydrogen-bond acceptors (Lipinski definition) is 4. The molecule has 1 saturated heterocycles. The van der Waals surface area contributed by atoms with Gasteiger partial charge in [-0.05, 0) is 38.0 Å². The molecule has 3 N–H and O–H groups in total. The number of hydrogen-bond donors (Lipinski definition) is 3. The summed E-state index contributed by atoms with van der Waals surface area (Å²) < 4.78 is 0. The molecule has 86 valence electrons. The Kier molecular flexibility index (Phi) is 3.17. The summed E-state index contributed by atoms with van der Waals surface area (Å²) in [4.78, 5) is 16.0. The van der Waals surface area contributed by atoms with Crippen molar-refractivity contribution in [3.63, 3.8) is 0 Å². The second kappa shape index (κ2) is 4.59. The zero-order chi connectivity index (χ0) is 11.5. The second-order valence-electron chi connectivity index (χ2n) is 4.07. The zero-order valence-electron chi connectivity index (χ0n) is 9.50. The summed E-state index contributed by atoms with van der Waals surface area (Å²) >= 11 is 0. The van der Waals surface area contributed by atoms with E-state index in [2.05, 4.69) is 21.2 Å². The lowest BCUT2D eigenvalue weighted by atomic mass is 10.2. The average molecular weight is 220 g/mol. The fraction of sp³-hybridized carbons (Fsp3) is 0.455. The van der Waals surface area contributed by atoms with E-state index in [1.165, 1.54) is 0 Å². The number of hydrazine groups is 1. The van der Waals surface area contributed by atoms with Gasteiger partial charge in [-0.15, -0.1) is 0 Å². The number of aromatic nitrogens is 1. The lowest BCUT2D eigenvalue weighted by Crippen LogP contribution is -2.39. The number of carbonyl (C=O) groups is 1. The molecule has 0 bridgehead atoms. The van der Waals surface area contributed by atoms with Gasteiger partial charge in [-0.3, -0.25) is 10.2 Å². The number of rotatable bonds is 2. The normalized spacial score (nSPS) is 19.8. The van der Waals surface area contributed by atoms with Crippen LogP contribution in [0.25, 0.3) is 0 Å². The molecule has 0 spiro atoms. The van der Waals surface area contributed by atoms with Crippen molar-refractivity contribution in [2.45, 2.75) is 26.3 Å². The number of anilines is 1. The lowest BCUT2D eigenvalue weighted by molar-refractivity contribution is -0.117. The van der Waals surface area contributed by atoms with Crippen LogP contribution in [0, 0.1) is 13.8 Å². The van der Waals surface area contributed by atoms with Gasteiger partial charge in [0, 0.05) is 12.2 Å². The molecule has 0 saturated carbocycles. The first-order valence-electron chi connectivity index (χ1n) is 5.40. The minimum absolute atomic E-state index is 0.0394. The van der Waals surface area contributed by atoms with Crippen LogP contribution < -0.4 is 16.2 Å². The predicted molar refractivity (Wildman–Crippen MR) is 61.9 cm³/mol. The minimum atomic E-state index is -0.164. The first-order valence-corrected chi connectivity index (χ1v) is 5.40. The largest absolute Gasteiger partial charge is 0.309 e. The van der Waals surface area contributed by atoms with Gasteiger partial charge >= 0.3 is 0 Å². The maximum Gasteiger partial charge on any atom is 0.244 e. The molecule has 1 aliphatic heterocycles. The van der Waals surface area contributed by atoms with Gasteiger partial charge in [0.05, 0.1) is 0 Å². The van der Waals surface area contributed by atoms with Gasteiger partial charge in [0.25, 0.3) is 0 Å². The number of carbonyl (C=O) groups excluding carboxylic acids is 1. The van der Waals surface area contributed by atoms with Gasteiger partial charge < -0.3 is 5.32 Å². The van der Waals surface area contributed by atoms with Gasteiger partial charge in [0.2, 0.25) is 5.91 Å². The van der Waals surface area contributed by atoms with Crippen LogP contribution in [-0.4, -0.2) is 23.5 Å². The molecular weight excluding hydrogens is 204 g/mol. The molecule has 5 nitrogen and oxygen atoms in total. The Balaban J connectivity index is 2.05. The second-order valence-corrected chi connectivity index (χ2v) is 4.07. The van der Waals surface area contributed by atoms with E-state index >= 15 is 0 Å². The van der Waals surface area contributed by atoms with E-state index in [-0.39, 0.29) is 11.9 Å². The Bertz CT molecular complexity index is 379. The summed E-state index contributed by atoms with van der Waals surface area (Å²) in [5, 5.41) is 2.81. The number of nitrogens with zero attached hydrogens (tertiary/aromatic N) is 1. The van der Waals surface area contributed by atoms with Crippen molar-refractivity contribution < 1.29 is 4.79 Å². The molecule has 1 unspecified atom stereocenters. The van der Waals surface area contributed by atoms with Crippen molar-refractivity contribution in [2.24, 2.45) is 0 Å². The van der Waals surface area contributed by atoms with Crippen LogP contribution in [0.3, 0.4) is 0 Å². The summed E-state index contributed by atoms with van der Waals surface area (Å²) in [6, 6.07) is 3.68. The third-order valence-corrected chi connectivity index (χ3v) is 2.50. The monoisotopic (exact) mass is 220 g/mol. The van der Waals surface area contributed by atoms with Crippen LogP contribution in [0.2, 0.25) is 0 Å². The zero-order valence-corrected chi connectivity index (χ0v) is 9.50. The Morgan fingerprint density at radius 2 is 2.31 bits per heavy atom. The van der Waals surface area contributed by atoms with Gasteiger partial charge in [0.15, 0.2) is 0 Å². The molecule has 2 rings (SSSR count). The van der Waals surface area contributed by atoms with Crippen LogP contribution in [-0.2, 0) is 4.79 Å². The van der Waals surface area contributed by atoms with Crippen LogP contribution in [0.1, 0.15) is 17.7 Å². The molecule has 1 aromatic heterocycles. The predicted octanol–water partition coefficient (Wildman–Crippen LogP) is 0.503. The molecule has 16 heavy (non-hydrogen) atoms. The SMILES string of the molecule is Cc1cc(C)nc(NC(=O)C2CCNN2)c1. The number of nitrogens with one attached hydrogen (secondary N) is 3. The van der Waals surface area contributed by atoms with Crippen molar-refractivity contribution in [2.75, 3.05) is 11.9 Å². The van der Waals surface area contributed by atoms with E-state index in [4.69, 9.17) is 0 Å². The standard InChI is InChI=1S/C11H16N4O/c1-7-5-8(2)13-10(6-7)14-11(16)9-3-4-12-15-9/h5-6,9,12,15H,3-4H2,1-2H3,(H,13,14,16). The maximum absolute atomic E-state index is 11.8. The number of amides is 1. The number of aryl methyl sites for hydroxylation is 2. The molecule has 1 amide bonds. The van der Waals surface area contributed by atoms with Gasteiger partial charge in [0.1, 0.15) is 11.9 Å². The Hall–Kier alpha value is -1.46. The Labute approximate surface area is 94.6 Å². The van der Waals surface area contributed by atoms with Crippen molar-refractivity contribution in [1.29, 1.82) is 0 Å². The highest BCUT2D eigenvalue weighted by molar-refractivity contribution is 5.94. The molecule has 5 heteroatoms. The fourth-order valence-electron chi connectivity index (χ4n) is 1.80. The van der Waals surface area contributed by atoms with Gasteiger partial charge in [-0.25, -0.2) is 10.4 Å². The molecule has 0 aromatic carbocycles. The quantitative estimate of drug-likeness (QED) is 0.679. The highest BCUT2D eigenvalue weighted by atomic mass is 16.2. The van der Waals surface area contributed by atoms with Crippen molar-refractivity contribution in [3.8, 4) is 0 Å². The molecule has 1 aliphatic rings. The molecule has 1 fully saturated rings. The molecule has 2 heterocycles. The third kappa shape index (κ3) is 2.56. The van der Waals surface area contributed by atoms with Crippen molar-refractivity contribution in [1.82, 2.24) is 15.8 Å². The topological polar surface area (TPSA) is 66.0 Å². The van der Waals surface area contributed by atoms with Crippen LogP contribution in [0.15, 0.2) is 12.1 Å². The van der Waals surface area contributed by atoms with Gasteiger partial charge in [-0.1, -0.05) is 0 Å². The third-order valence-electron chi connectivity index (χ3n) is 2.50. The summed E-state index contributed by atoms with van der Waals surface area (Å²) in [5.41, 5.74) is 7.85. The van der Waals surface area contributed by atoms with Crippen molar-refractivity contribution in [3.05, 3.63) is 23.4 Å². The Morgan fingerprint density at radius 1 is 1.50 bits per heavy atom. The summed E-state index contributed by atoms with van der Waals surface area (Å²) in [7, 11) is 0. The van der Waals surface area contributed by atoms with Crippen LogP contribution in [0.5, 0.6) is 0 Å². The van der Waals surface area contributed by atoms with E-state index < -0.39 is 0 Å². The summed E-state index contributed by atoms with van der Waals surface area (Å²) in [5.74, 6) is 0.582. The van der Waals surface area contributed by atoms with E-state index in [1.54, 1.807) is 0 Å². The van der Waals surface area contributed by atoms with E-state index in [1.807, 2.05) is 26.0 Å². The molecule has 0 aliphatic carbocycles. The Morgan fingerprint density at radius 3 is 2.94 bits per heavy atom. The molecule has 1 aromatic rings. The van der Waals surface area contributed by atoms with Crippen LogP contribution >= 0.6 is 0 Å². The highest BCUT2D eigenvalue weighted by Gasteiger charge is 2.22.